The van der Waals surface area contributed by atoms with Crippen LogP contribution in [0.3, 0.4) is 0 Å². The third kappa shape index (κ3) is 3.73. The van der Waals surface area contributed by atoms with E-state index in [1.807, 2.05) is 5.51 Å². The molecule has 3 heterocycles. The first-order valence-corrected chi connectivity index (χ1v) is 9.56. The fourth-order valence-electron chi connectivity index (χ4n) is 3.89. The van der Waals surface area contributed by atoms with E-state index >= 15 is 0 Å². The quantitative estimate of drug-likeness (QED) is 0.882. The summed E-state index contributed by atoms with van der Waals surface area (Å²) in [7, 11) is 3.55. The highest BCUT2D eigenvalue weighted by Crippen LogP contribution is 2.43. The minimum absolute atomic E-state index is 0.0187. The molecule has 7 heteroatoms. The van der Waals surface area contributed by atoms with Crippen molar-refractivity contribution in [1.82, 2.24) is 20.1 Å². The number of nitrogens with one attached hydrogen (secondary N) is 1. The second-order valence-electron chi connectivity index (χ2n) is 7.21. The van der Waals surface area contributed by atoms with Gasteiger partial charge in [0, 0.05) is 57.2 Å². The van der Waals surface area contributed by atoms with Gasteiger partial charge in [-0.25, -0.2) is 9.78 Å². The predicted molar refractivity (Wildman–Crippen MR) is 95.2 cm³/mol. The first-order valence-electron chi connectivity index (χ1n) is 8.68. The summed E-state index contributed by atoms with van der Waals surface area (Å²) < 4.78 is 6.01. The third-order valence-corrected chi connectivity index (χ3v) is 6.29. The molecule has 1 aromatic heterocycles. The van der Waals surface area contributed by atoms with Crippen LogP contribution in [-0.4, -0.2) is 67.3 Å². The van der Waals surface area contributed by atoms with Crippen molar-refractivity contribution < 1.29 is 9.53 Å². The molecular formula is C17H28N4O2S. The second-order valence-corrected chi connectivity index (χ2v) is 8.15. The summed E-state index contributed by atoms with van der Waals surface area (Å²) >= 11 is 1.75. The molecule has 1 N–H and O–H groups in total. The first-order chi connectivity index (χ1) is 11.5. The number of fused-ring (bicyclic) bond motifs is 1. The van der Waals surface area contributed by atoms with E-state index in [-0.39, 0.29) is 11.4 Å². The van der Waals surface area contributed by atoms with Crippen molar-refractivity contribution in [2.75, 3.05) is 40.3 Å². The number of aromatic nitrogens is 1. The molecule has 6 nitrogen and oxygen atoms in total. The van der Waals surface area contributed by atoms with Crippen LogP contribution in [0.25, 0.3) is 0 Å². The molecule has 0 radical (unpaired) electrons. The fraction of sp³-hybridized carbons (Fsp3) is 0.765. The van der Waals surface area contributed by atoms with Crippen molar-refractivity contribution in [3.05, 3.63) is 16.1 Å². The average Bonchev–Trinajstić information content (AvgIpc) is 3.13. The van der Waals surface area contributed by atoms with Crippen LogP contribution in [-0.2, 0) is 11.3 Å². The summed E-state index contributed by atoms with van der Waals surface area (Å²) in [6.07, 6.45) is 3.50. The number of hydrogen-bond acceptors (Lipinski definition) is 5. The van der Waals surface area contributed by atoms with E-state index < -0.39 is 0 Å². The van der Waals surface area contributed by atoms with Gasteiger partial charge in [-0.05, 0) is 26.2 Å². The topological polar surface area (TPSA) is 57.7 Å². The number of likely N-dealkylation sites (tertiary alicyclic amines) is 1. The maximum Gasteiger partial charge on any atom is 0.316 e. The highest BCUT2D eigenvalue weighted by molar-refractivity contribution is 7.09. The molecule has 0 aromatic carbocycles. The van der Waals surface area contributed by atoms with Gasteiger partial charge in [0.2, 0.25) is 0 Å². The van der Waals surface area contributed by atoms with Crippen molar-refractivity contribution in [3.63, 3.8) is 0 Å². The van der Waals surface area contributed by atoms with Gasteiger partial charge >= 0.3 is 6.03 Å². The van der Waals surface area contributed by atoms with Crippen molar-refractivity contribution >= 4 is 17.4 Å². The number of ether oxygens (including phenoxy) is 1. The Kier molecular flexibility index (Phi) is 5.42. The summed E-state index contributed by atoms with van der Waals surface area (Å²) in [6, 6.07) is -0.0187. The molecule has 1 aromatic rings. The van der Waals surface area contributed by atoms with E-state index in [2.05, 4.69) is 22.1 Å². The monoisotopic (exact) mass is 352 g/mol. The van der Waals surface area contributed by atoms with E-state index in [1.54, 1.807) is 30.3 Å². The summed E-state index contributed by atoms with van der Waals surface area (Å²) in [5.74, 6) is 0. The summed E-state index contributed by atoms with van der Waals surface area (Å²) in [6.45, 7) is 6.75. The zero-order valence-electron chi connectivity index (χ0n) is 14.9. The smallest absolute Gasteiger partial charge is 0.316 e. The molecule has 0 saturated carbocycles. The summed E-state index contributed by atoms with van der Waals surface area (Å²) in [5, 5.41) is 3.01. The molecular weight excluding hydrogens is 324 g/mol. The van der Waals surface area contributed by atoms with Gasteiger partial charge < -0.3 is 15.0 Å². The second kappa shape index (κ2) is 7.37. The van der Waals surface area contributed by atoms with Crippen LogP contribution in [0.1, 0.15) is 29.8 Å². The fourth-order valence-corrected chi connectivity index (χ4v) is 4.71. The molecule has 2 aliphatic rings. The Hall–Kier alpha value is -1.18. The minimum Gasteiger partial charge on any atom is -0.378 e. The van der Waals surface area contributed by atoms with Gasteiger partial charge in [-0.3, -0.25) is 4.90 Å². The largest absolute Gasteiger partial charge is 0.378 e. The molecule has 0 bridgehead atoms. The molecule has 2 atom stereocenters. The molecule has 2 saturated heterocycles. The predicted octanol–water partition coefficient (Wildman–Crippen LogP) is 2.09. The number of amides is 2. The first kappa shape index (κ1) is 17.6. The number of aryl methyl sites for hydroxylation is 1. The summed E-state index contributed by atoms with van der Waals surface area (Å²) in [5.41, 5.74) is 3.26. The number of piperidine rings is 1. The van der Waals surface area contributed by atoms with Gasteiger partial charge in [-0.1, -0.05) is 0 Å². The molecule has 2 aliphatic heterocycles. The Morgan fingerprint density at radius 1 is 1.58 bits per heavy atom. The van der Waals surface area contributed by atoms with Crippen LogP contribution in [0.5, 0.6) is 0 Å². The van der Waals surface area contributed by atoms with Gasteiger partial charge in [-0.15, -0.1) is 11.3 Å². The van der Waals surface area contributed by atoms with Crippen molar-refractivity contribution in [3.8, 4) is 0 Å². The molecule has 0 spiro atoms. The Balaban J connectivity index is 1.60. The number of rotatable bonds is 5. The lowest BCUT2D eigenvalue weighted by Gasteiger charge is -2.44. The van der Waals surface area contributed by atoms with Gasteiger partial charge in [0.15, 0.2) is 0 Å². The molecule has 2 amide bonds. The van der Waals surface area contributed by atoms with Crippen molar-refractivity contribution in [1.29, 1.82) is 0 Å². The van der Waals surface area contributed by atoms with Crippen LogP contribution in [0, 0.1) is 12.3 Å². The van der Waals surface area contributed by atoms with Gasteiger partial charge in [0.1, 0.15) is 0 Å². The highest BCUT2D eigenvalue weighted by atomic mass is 32.1. The Bertz CT molecular complexity index is 577. The van der Waals surface area contributed by atoms with Gasteiger partial charge in [0.25, 0.3) is 0 Å². The SMILES string of the molecule is Cc1ncsc1CN1CC[C@@H]2OCC[C@]2(CCNC(=O)N(C)C)C1. The number of carbonyl (C=O) groups is 1. The molecule has 3 rings (SSSR count). The standard InChI is InChI=1S/C17H28N4O2S/c1-13-14(24-12-19-13)10-21-8-4-15-17(11-21,6-9-23-15)5-7-18-16(22)20(2)3/h12,15H,4-11H2,1-3H3,(H,18,22)/t15-,17+/m0/s1. The van der Waals surface area contributed by atoms with E-state index in [0.29, 0.717) is 12.6 Å². The lowest BCUT2D eigenvalue weighted by atomic mass is 9.74. The van der Waals surface area contributed by atoms with Gasteiger partial charge in [0.05, 0.1) is 17.3 Å². The van der Waals surface area contributed by atoms with Crippen LogP contribution in [0.4, 0.5) is 4.79 Å². The number of carbonyl (C=O) groups excluding carboxylic acids is 1. The third-order valence-electron chi connectivity index (χ3n) is 5.37. The maximum absolute atomic E-state index is 11.8. The number of thiazole rings is 1. The minimum atomic E-state index is -0.0187. The molecule has 134 valence electrons. The van der Waals surface area contributed by atoms with Crippen molar-refractivity contribution in [2.24, 2.45) is 5.41 Å². The lowest BCUT2D eigenvalue weighted by Crippen LogP contribution is -2.50. The average molecular weight is 353 g/mol. The summed E-state index contributed by atoms with van der Waals surface area (Å²) in [4.78, 5) is 21.6. The van der Waals surface area contributed by atoms with Crippen LogP contribution < -0.4 is 5.32 Å². The maximum atomic E-state index is 11.8. The van der Waals surface area contributed by atoms with Crippen LogP contribution in [0.15, 0.2) is 5.51 Å². The van der Waals surface area contributed by atoms with E-state index in [1.165, 1.54) is 4.88 Å². The number of urea groups is 1. The zero-order chi connectivity index (χ0) is 17.2. The molecule has 0 unspecified atom stereocenters. The van der Waals surface area contributed by atoms with Gasteiger partial charge in [-0.2, -0.15) is 0 Å². The highest BCUT2D eigenvalue weighted by Gasteiger charge is 2.47. The van der Waals surface area contributed by atoms with Crippen LogP contribution >= 0.6 is 11.3 Å². The molecule has 2 fully saturated rings. The molecule has 24 heavy (non-hydrogen) atoms. The van der Waals surface area contributed by atoms with Crippen molar-refractivity contribution in [2.45, 2.75) is 38.8 Å². The van der Waals surface area contributed by atoms with E-state index in [9.17, 15) is 4.79 Å². The lowest BCUT2D eigenvalue weighted by molar-refractivity contribution is -0.0237. The Morgan fingerprint density at radius 2 is 2.42 bits per heavy atom. The number of nitrogens with zero attached hydrogens (tertiary/aromatic N) is 3. The van der Waals surface area contributed by atoms with Crippen LogP contribution in [0.2, 0.25) is 0 Å². The number of hydrogen-bond donors (Lipinski definition) is 1. The Morgan fingerprint density at radius 3 is 3.12 bits per heavy atom. The zero-order valence-corrected chi connectivity index (χ0v) is 15.7. The van der Waals surface area contributed by atoms with E-state index in [0.717, 1.165) is 51.2 Å². The Labute approximate surface area is 148 Å². The van der Waals surface area contributed by atoms with E-state index in [4.69, 9.17) is 4.74 Å². The normalized spacial score (nSPS) is 27.0. The molecule has 0 aliphatic carbocycles.